The topological polar surface area (TPSA) is 84.9 Å². The number of esters is 1. The summed E-state index contributed by atoms with van der Waals surface area (Å²) in [6.45, 7) is 8.33. The molecule has 0 amide bonds. The summed E-state index contributed by atoms with van der Waals surface area (Å²) in [5.41, 5.74) is 0. The van der Waals surface area contributed by atoms with Crippen LogP contribution < -0.4 is 10.1 Å². The van der Waals surface area contributed by atoms with Crippen LogP contribution in [0.1, 0.15) is 46.5 Å². The lowest BCUT2D eigenvalue weighted by Gasteiger charge is -2.38. The smallest absolute Gasteiger partial charge is 0.323 e. The molecule has 1 aromatic rings. The van der Waals surface area contributed by atoms with Crippen LogP contribution in [0.5, 0.6) is 5.75 Å². The zero-order valence-corrected chi connectivity index (χ0v) is 20.4. The summed E-state index contributed by atoms with van der Waals surface area (Å²) in [6, 6.07) is 6.12. The number of ether oxygens (including phenoxy) is 2. The summed E-state index contributed by atoms with van der Waals surface area (Å²) < 4.78 is 36.1. The van der Waals surface area contributed by atoms with Gasteiger partial charge in [0.25, 0.3) is 0 Å². The second-order valence-corrected chi connectivity index (χ2v) is 9.93. The van der Waals surface area contributed by atoms with E-state index in [0.717, 1.165) is 38.8 Å². The minimum Gasteiger partial charge on any atom is -0.481 e. The van der Waals surface area contributed by atoms with Crippen LogP contribution >= 0.6 is 0 Å². The maximum atomic E-state index is 12.8. The molecule has 0 spiro atoms. The summed E-state index contributed by atoms with van der Waals surface area (Å²) in [7, 11) is -2.28. The molecule has 32 heavy (non-hydrogen) atoms. The fraction of sp³-hybridized carbons (Fsp3) is 0.625. The van der Waals surface area contributed by atoms with Crippen molar-refractivity contribution >= 4 is 15.8 Å². The first-order valence-electron chi connectivity index (χ1n) is 11.3. The monoisotopic (exact) mass is 464 g/mol. The average Bonchev–Trinajstić information content (AvgIpc) is 2.81. The van der Waals surface area contributed by atoms with Gasteiger partial charge in [-0.2, -0.15) is 0 Å². The van der Waals surface area contributed by atoms with Crippen molar-refractivity contribution in [1.29, 1.82) is 0 Å². The van der Waals surface area contributed by atoms with Crippen molar-refractivity contribution in [2.75, 3.05) is 32.7 Å². The van der Waals surface area contributed by atoms with E-state index in [4.69, 9.17) is 9.47 Å². The fourth-order valence-corrected chi connectivity index (χ4v) is 5.44. The predicted octanol–water partition coefficient (Wildman–Crippen LogP) is 2.85. The Labute approximate surface area is 192 Å². The molecule has 0 radical (unpaired) electrons. The highest BCUT2D eigenvalue weighted by molar-refractivity contribution is 7.91. The van der Waals surface area contributed by atoms with E-state index in [2.05, 4.69) is 35.9 Å². The van der Waals surface area contributed by atoms with Gasteiger partial charge in [0.05, 0.1) is 12.0 Å². The molecule has 1 saturated carbocycles. The third-order valence-electron chi connectivity index (χ3n) is 6.16. The van der Waals surface area contributed by atoms with Gasteiger partial charge in [-0.15, -0.1) is 5.92 Å². The van der Waals surface area contributed by atoms with E-state index in [9.17, 15) is 13.2 Å². The van der Waals surface area contributed by atoms with Crippen molar-refractivity contribution in [3.05, 3.63) is 24.3 Å². The molecule has 0 bridgehead atoms. The van der Waals surface area contributed by atoms with Gasteiger partial charge in [0.15, 0.2) is 9.84 Å². The molecule has 0 saturated heterocycles. The van der Waals surface area contributed by atoms with Crippen LogP contribution in [-0.2, 0) is 19.4 Å². The molecule has 0 unspecified atom stereocenters. The maximum Gasteiger partial charge on any atom is 0.323 e. The number of benzene rings is 1. The fourth-order valence-electron chi connectivity index (χ4n) is 4.33. The number of methoxy groups -OCH3 is 1. The summed E-state index contributed by atoms with van der Waals surface area (Å²) in [4.78, 5) is 15.1. The molecule has 0 aliphatic heterocycles. The summed E-state index contributed by atoms with van der Waals surface area (Å²) in [5, 5.41) is 2.98. The summed E-state index contributed by atoms with van der Waals surface area (Å²) in [6.07, 6.45) is 3.72. The second-order valence-electron chi connectivity index (χ2n) is 7.94. The van der Waals surface area contributed by atoms with Crippen LogP contribution in [0.2, 0.25) is 0 Å². The predicted molar refractivity (Wildman–Crippen MR) is 125 cm³/mol. The minimum absolute atomic E-state index is 0.0555. The molecule has 0 aromatic heterocycles. The number of rotatable bonds is 11. The van der Waals surface area contributed by atoms with Crippen molar-refractivity contribution in [3.8, 4) is 17.6 Å². The van der Waals surface area contributed by atoms with Crippen LogP contribution in [-0.4, -0.2) is 64.1 Å². The van der Waals surface area contributed by atoms with Gasteiger partial charge in [-0.05, 0) is 75.9 Å². The van der Waals surface area contributed by atoms with E-state index in [-0.39, 0.29) is 23.3 Å². The normalized spacial score (nSPS) is 19.7. The van der Waals surface area contributed by atoms with Gasteiger partial charge >= 0.3 is 5.97 Å². The molecule has 1 N–H and O–H groups in total. The molecule has 1 fully saturated rings. The van der Waals surface area contributed by atoms with Gasteiger partial charge in [0, 0.05) is 6.04 Å². The lowest BCUT2D eigenvalue weighted by molar-refractivity contribution is -0.145. The van der Waals surface area contributed by atoms with Crippen LogP contribution in [0, 0.1) is 17.8 Å². The molecule has 0 heterocycles. The van der Waals surface area contributed by atoms with Gasteiger partial charge in [0.2, 0.25) is 0 Å². The molecule has 178 valence electrons. The van der Waals surface area contributed by atoms with Gasteiger partial charge in [0.1, 0.15) is 24.3 Å². The van der Waals surface area contributed by atoms with Crippen LogP contribution in [0.4, 0.5) is 0 Å². The summed E-state index contributed by atoms with van der Waals surface area (Å²) >= 11 is 0. The quantitative estimate of drug-likeness (QED) is 0.398. The van der Waals surface area contributed by atoms with Crippen LogP contribution in [0.25, 0.3) is 0 Å². The molecule has 8 heteroatoms. The molecule has 1 atom stereocenters. The van der Waals surface area contributed by atoms with Gasteiger partial charge < -0.3 is 14.4 Å². The van der Waals surface area contributed by atoms with Crippen LogP contribution in [0.3, 0.4) is 0 Å². The Hall–Kier alpha value is -2.08. The van der Waals surface area contributed by atoms with Crippen molar-refractivity contribution in [3.63, 3.8) is 0 Å². The molecule has 7 nitrogen and oxygen atoms in total. The van der Waals surface area contributed by atoms with E-state index in [1.165, 1.54) is 19.2 Å². The number of hydrogen-bond acceptors (Lipinski definition) is 7. The third kappa shape index (κ3) is 7.22. The van der Waals surface area contributed by atoms with Crippen molar-refractivity contribution in [2.24, 2.45) is 5.92 Å². The summed E-state index contributed by atoms with van der Waals surface area (Å²) in [5.74, 6) is 5.40. The largest absolute Gasteiger partial charge is 0.481 e. The first-order valence-corrected chi connectivity index (χ1v) is 12.9. The molecule has 1 aliphatic carbocycles. The number of sulfone groups is 1. The first-order chi connectivity index (χ1) is 15.4. The van der Waals surface area contributed by atoms with Crippen molar-refractivity contribution in [2.45, 2.75) is 63.4 Å². The van der Waals surface area contributed by atoms with E-state index >= 15 is 0 Å². The number of nitrogens with one attached hydrogen (secondary N) is 1. The zero-order valence-electron chi connectivity index (χ0n) is 19.6. The molecule has 2 rings (SSSR count). The minimum atomic E-state index is -3.62. The van der Waals surface area contributed by atoms with Gasteiger partial charge in [-0.1, -0.05) is 19.8 Å². The standard InChI is InChI=1S/C24H36N2O5S/c1-5-8-17-31-21-13-15-22(16-14-21)32(28,29)18-25-23(24(27)30-4)19-9-11-20(12-10-19)26(6-2)7-3/h13-16,19-20,23,25H,6-7,9-12,17-18H2,1-4H3/t19?,20?,23-/m1/s1. The lowest BCUT2D eigenvalue weighted by Crippen LogP contribution is -2.48. The Morgan fingerprint density at radius 2 is 1.78 bits per heavy atom. The Kier molecular flexibility index (Phi) is 10.5. The van der Waals surface area contributed by atoms with Crippen molar-refractivity contribution in [1.82, 2.24) is 10.2 Å². The lowest BCUT2D eigenvalue weighted by atomic mass is 9.81. The Balaban J connectivity index is 2.00. The zero-order chi connectivity index (χ0) is 23.6. The van der Waals surface area contributed by atoms with Gasteiger partial charge in [-0.3, -0.25) is 10.1 Å². The van der Waals surface area contributed by atoms with E-state index in [0.29, 0.717) is 11.8 Å². The van der Waals surface area contributed by atoms with E-state index in [1.54, 1.807) is 19.1 Å². The number of carbonyl (C=O) groups is 1. The molecule has 1 aromatic carbocycles. The number of carbonyl (C=O) groups excluding carboxylic acids is 1. The first kappa shape index (κ1) is 26.2. The van der Waals surface area contributed by atoms with Crippen molar-refractivity contribution < 1.29 is 22.7 Å². The highest BCUT2D eigenvalue weighted by Gasteiger charge is 2.34. The maximum absolute atomic E-state index is 12.8. The molecule has 1 aliphatic rings. The SMILES string of the molecule is CC#CCOc1ccc(S(=O)(=O)CN[C@@H](C(=O)OC)C2CCC(N(CC)CC)CC2)cc1. The molecular formula is C24H36N2O5S. The second kappa shape index (κ2) is 12.8. The third-order valence-corrected chi connectivity index (χ3v) is 7.70. The van der Waals surface area contributed by atoms with E-state index in [1.807, 2.05) is 0 Å². The average molecular weight is 465 g/mol. The van der Waals surface area contributed by atoms with E-state index < -0.39 is 21.8 Å². The molecular weight excluding hydrogens is 428 g/mol. The Bertz CT molecular complexity index is 877. The Morgan fingerprint density at radius 3 is 2.31 bits per heavy atom. The Morgan fingerprint density at radius 1 is 1.16 bits per heavy atom. The number of hydrogen-bond donors (Lipinski definition) is 1. The van der Waals surface area contributed by atoms with Crippen LogP contribution in [0.15, 0.2) is 29.2 Å². The highest BCUT2D eigenvalue weighted by atomic mass is 32.2. The number of nitrogens with zero attached hydrogens (tertiary/aromatic N) is 1. The van der Waals surface area contributed by atoms with Gasteiger partial charge in [-0.25, -0.2) is 8.42 Å². The highest BCUT2D eigenvalue weighted by Crippen LogP contribution is 2.30.